The Labute approximate surface area is 116 Å². The lowest BCUT2D eigenvalue weighted by atomic mass is 9.93. The quantitative estimate of drug-likeness (QED) is 0.874. The van der Waals surface area contributed by atoms with Crippen molar-refractivity contribution >= 4 is 0 Å². The van der Waals surface area contributed by atoms with Gasteiger partial charge in [0.25, 0.3) is 0 Å². The highest BCUT2D eigenvalue weighted by Gasteiger charge is 2.34. The van der Waals surface area contributed by atoms with Gasteiger partial charge in [-0.25, -0.2) is 0 Å². The van der Waals surface area contributed by atoms with Crippen LogP contribution in [-0.2, 0) is 12.7 Å². The molecule has 1 aromatic rings. The van der Waals surface area contributed by atoms with Gasteiger partial charge in [-0.2, -0.15) is 18.3 Å². The number of hydrogen-bond donors (Lipinski definition) is 2. The molecule has 0 aliphatic carbocycles. The second-order valence-corrected chi connectivity index (χ2v) is 5.39. The minimum Gasteiger partial charge on any atom is -0.320 e. The molecule has 1 aliphatic heterocycles. The zero-order valence-corrected chi connectivity index (χ0v) is 11.6. The van der Waals surface area contributed by atoms with Gasteiger partial charge in [0.1, 0.15) is 0 Å². The third-order valence-electron chi connectivity index (χ3n) is 3.83. The van der Waals surface area contributed by atoms with E-state index in [1.54, 1.807) is 0 Å². The van der Waals surface area contributed by atoms with E-state index in [0.29, 0.717) is 12.2 Å². The Morgan fingerprint density at radius 1 is 1.40 bits per heavy atom. The average Bonchev–Trinajstić information content (AvgIpc) is 2.86. The molecule has 0 aromatic carbocycles. The van der Waals surface area contributed by atoms with Crippen LogP contribution in [0.25, 0.3) is 0 Å². The molecule has 0 bridgehead atoms. The van der Waals surface area contributed by atoms with E-state index in [2.05, 4.69) is 20.4 Å². The first kappa shape index (κ1) is 15.3. The Hall–Kier alpha value is -1.08. The maximum absolute atomic E-state index is 12.4. The molecule has 114 valence electrons. The van der Waals surface area contributed by atoms with Crippen molar-refractivity contribution in [2.24, 2.45) is 5.92 Å². The molecule has 0 spiro atoms. The second kappa shape index (κ2) is 6.58. The van der Waals surface area contributed by atoms with Crippen molar-refractivity contribution in [3.63, 3.8) is 0 Å². The highest BCUT2D eigenvalue weighted by atomic mass is 19.4. The topological polar surface area (TPSA) is 44.0 Å². The molecular weight excluding hydrogens is 269 g/mol. The van der Waals surface area contributed by atoms with Crippen molar-refractivity contribution in [1.82, 2.24) is 20.4 Å². The van der Waals surface area contributed by atoms with Crippen LogP contribution in [0.3, 0.4) is 0 Å². The number of H-pyrrole nitrogens is 1. The lowest BCUT2D eigenvalue weighted by molar-refractivity contribution is -0.141. The molecule has 4 nitrogen and oxygen atoms in total. The van der Waals surface area contributed by atoms with Gasteiger partial charge in [0.2, 0.25) is 0 Å². The van der Waals surface area contributed by atoms with Crippen molar-refractivity contribution in [2.75, 3.05) is 26.7 Å². The molecule has 2 heterocycles. The number of nitrogens with zero attached hydrogens (tertiary/aromatic N) is 2. The third-order valence-corrected chi connectivity index (χ3v) is 3.83. The molecule has 0 unspecified atom stereocenters. The first-order valence-corrected chi connectivity index (χ1v) is 6.97. The van der Waals surface area contributed by atoms with Crippen LogP contribution in [0.1, 0.15) is 30.7 Å². The summed E-state index contributed by atoms with van der Waals surface area (Å²) in [6.45, 7) is 3.42. The number of halogens is 3. The number of aromatic amines is 1. The van der Waals surface area contributed by atoms with Gasteiger partial charge in [-0.15, -0.1) is 0 Å². The van der Waals surface area contributed by atoms with Gasteiger partial charge < -0.3 is 5.32 Å². The Morgan fingerprint density at radius 2 is 2.10 bits per heavy atom. The zero-order chi connectivity index (χ0) is 14.6. The Morgan fingerprint density at radius 3 is 2.65 bits per heavy atom. The number of hydrogen-bond acceptors (Lipinski definition) is 3. The fourth-order valence-electron chi connectivity index (χ4n) is 2.61. The molecule has 2 rings (SSSR count). The summed E-state index contributed by atoms with van der Waals surface area (Å²) in [5.41, 5.74) is -0.303. The van der Waals surface area contributed by atoms with E-state index in [0.717, 1.165) is 44.5 Å². The van der Waals surface area contributed by atoms with Gasteiger partial charge in [-0.1, -0.05) is 0 Å². The lowest BCUT2D eigenvalue weighted by Gasteiger charge is -2.31. The summed E-state index contributed by atoms with van der Waals surface area (Å²) < 4.78 is 37.3. The zero-order valence-electron chi connectivity index (χ0n) is 11.6. The van der Waals surface area contributed by atoms with E-state index >= 15 is 0 Å². The molecule has 1 fully saturated rings. The number of rotatable bonds is 5. The van der Waals surface area contributed by atoms with Crippen LogP contribution >= 0.6 is 0 Å². The van der Waals surface area contributed by atoms with Crippen LogP contribution in [0.5, 0.6) is 0 Å². The van der Waals surface area contributed by atoms with E-state index in [4.69, 9.17) is 0 Å². The molecule has 1 aromatic heterocycles. The smallest absolute Gasteiger partial charge is 0.320 e. The van der Waals surface area contributed by atoms with Crippen molar-refractivity contribution in [3.8, 4) is 0 Å². The summed E-state index contributed by atoms with van der Waals surface area (Å²) in [6, 6.07) is 1.10. The van der Waals surface area contributed by atoms with Crippen LogP contribution in [0.15, 0.2) is 6.07 Å². The summed E-state index contributed by atoms with van der Waals surface area (Å²) in [5, 5.41) is 8.96. The number of piperidine rings is 1. The van der Waals surface area contributed by atoms with Crippen LogP contribution in [0.4, 0.5) is 13.2 Å². The molecule has 0 atom stereocenters. The summed E-state index contributed by atoms with van der Waals surface area (Å²) in [5.74, 6) is 0.728. The fraction of sp³-hybridized carbons (Fsp3) is 0.769. The SMILES string of the molecule is CNCCC1CCN(Cc2cc(C(F)(F)F)n[nH]2)CC1. The summed E-state index contributed by atoms with van der Waals surface area (Å²) >= 11 is 0. The van der Waals surface area contributed by atoms with Gasteiger partial charge in [0.05, 0.1) is 0 Å². The number of likely N-dealkylation sites (tertiary alicyclic amines) is 1. The van der Waals surface area contributed by atoms with Crippen molar-refractivity contribution < 1.29 is 13.2 Å². The second-order valence-electron chi connectivity index (χ2n) is 5.39. The molecule has 0 radical (unpaired) electrons. The van der Waals surface area contributed by atoms with Crippen LogP contribution in [-0.4, -0.2) is 41.8 Å². The first-order valence-electron chi connectivity index (χ1n) is 6.97. The summed E-state index contributed by atoms with van der Waals surface area (Å²) in [6.07, 6.45) is -0.967. The predicted octanol–water partition coefficient (Wildman–Crippen LogP) is 2.25. The molecule has 1 aliphatic rings. The van der Waals surface area contributed by atoms with Gasteiger partial charge in [0, 0.05) is 12.2 Å². The molecule has 7 heteroatoms. The number of aromatic nitrogens is 2. The molecular formula is C13H21F3N4. The summed E-state index contributed by atoms with van der Waals surface area (Å²) in [7, 11) is 1.95. The maximum Gasteiger partial charge on any atom is 0.435 e. The van der Waals surface area contributed by atoms with Crippen LogP contribution in [0.2, 0.25) is 0 Å². The van der Waals surface area contributed by atoms with Crippen LogP contribution < -0.4 is 5.32 Å². The van der Waals surface area contributed by atoms with Crippen LogP contribution in [0, 0.1) is 5.92 Å². The van der Waals surface area contributed by atoms with Gasteiger partial charge in [0.15, 0.2) is 5.69 Å². The summed E-state index contributed by atoms with van der Waals surface area (Å²) in [4.78, 5) is 2.18. The Bertz CT molecular complexity index is 408. The van der Waals surface area contributed by atoms with E-state index in [1.165, 1.54) is 6.42 Å². The minimum atomic E-state index is -4.37. The monoisotopic (exact) mass is 290 g/mol. The standard InChI is InChI=1S/C13H21F3N4/c1-17-5-2-10-3-6-20(7-4-10)9-11-8-12(19-18-11)13(14,15)16/h8,10,17H,2-7,9H2,1H3,(H,18,19). The highest BCUT2D eigenvalue weighted by molar-refractivity contribution is 5.11. The minimum absolute atomic E-state index is 0.516. The van der Waals surface area contributed by atoms with Crippen molar-refractivity contribution in [2.45, 2.75) is 32.0 Å². The van der Waals surface area contributed by atoms with E-state index < -0.39 is 11.9 Å². The normalized spacial score (nSPS) is 18.6. The van der Waals surface area contributed by atoms with Crippen molar-refractivity contribution in [3.05, 3.63) is 17.5 Å². The average molecular weight is 290 g/mol. The molecule has 0 amide bonds. The third kappa shape index (κ3) is 4.21. The van der Waals surface area contributed by atoms with Gasteiger partial charge >= 0.3 is 6.18 Å². The maximum atomic E-state index is 12.4. The van der Waals surface area contributed by atoms with Crippen molar-refractivity contribution in [1.29, 1.82) is 0 Å². The first-order chi connectivity index (χ1) is 9.49. The van der Waals surface area contributed by atoms with Gasteiger partial charge in [-0.3, -0.25) is 10.00 Å². The van der Waals surface area contributed by atoms with Gasteiger partial charge in [-0.05, 0) is 57.9 Å². The molecule has 20 heavy (non-hydrogen) atoms. The molecule has 0 saturated carbocycles. The van der Waals surface area contributed by atoms with E-state index in [9.17, 15) is 13.2 Å². The number of nitrogens with one attached hydrogen (secondary N) is 2. The Balaban J connectivity index is 1.79. The highest BCUT2D eigenvalue weighted by Crippen LogP contribution is 2.28. The largest absolute Gasteiger partial charge is 0.435 e. The number of alkyl halides is 3. The van der Waals surface area contributed by atoms with E-state index in [1.807, 2.05) is 7.05 Å². The molecule has 1 saturated heterocycles. The predicted molar refractivity (Wildman–Crippen MR) is 70.1 cm³/mol. The fourth-order valence-corrected chi connectivity index (χ4v) is 2.61. The molecule has 2 N–H and O–H groups in total. The van der Waals surface area contributed by atoms with E-state index in [-0.39, 0.29) is 0 Å². The Kier molecular flexibility index (Phi) is 5.04. The lowest BCUT2D eigenvalue weighted by Crippen LogP contribution is -2.34.